The van der Waals surface area contributed by atoms with Gasteiger partial charge in [0.15, 0.2) is 0 Å². The van der Waals surface area contributed by atoms with Crippen molar-refractivity contribution in [2.45, 2.75) is 18.9 Å². The number of carbonyl (C=O) groups is 1. The Balaban J connectivity index is 2.03. The lowest BCUT2D eigenvalue weighted by Crippen LogP contribution is -2.42. The number of hydrogen-bond acceptors (Lipinski definition) is 3. The van der Waals surface area contributed by atoms with Crippen LogP contribution in [0.15, 0.2) is 28.7 Å². The van der Waals surface area contributed by atoms with Crippen LogP contribution in [-0.4, -0.2) is 30.4 Å². The van der Waals surface area contributed by atoms with Crippen molar-refractivity contribution in [3.63, 3.8) is 0 Å². The van der Waals surface area contributed by atoms with E-state index in [1.807, 2.05) is 12.1 Å². The first-order valence-electron chi connectivity index (χ1n) is 6.60. The van der Waals surface area contributed by atoms with Crippen molar-refractivity contribution in [3.05, 3.63) is 34.3 Å². The first-order chi connectivity index (χ1) is 9.11. The van der Waals surface area contributed by atoms with Crippen LogP contribution in [0.25, 0.3) is 0 Å². The van der Waals surface area contributed by atoms with Gasteiger partial charge in [0.2, 0.25) is 5.91 Å². The molecule has 19 heavy (non-hydrogen) atoms. The van der Waals surface area contributed by atoms with E-state index in [4.69, 9.17) is 11.5 Å². The number of nitrogens with zero attached hydrogens (tertiary/aromatic N) is 1. The van der Waals surface area contributed by atoms with Crippen LogP contribution < -0.4 is 11.5 Å². The van der Waals surface area contributed by atoms with Gasteiger partial charge in [-0.25, -0.2) is 0 Å². The fourth-order valence-corrected chi connectivity index (χ4v) is 2.94. The van der Waals surface area contributed by atoms with Crippen LogP contribution >= 0.6 is 15.9 Å². The molecule has 0 saturated carbocycles. The largest absolute Gasteiger partial charge is 0.369 e. The van der Waals surface area contributed by atoms with E-state index in [-0.39, 0.29) is 17.9 Å². The molecule has 1 aliphatic heterocycles. The molecule has 0 spiro atoms. The number of benzene rings is 1. The second-order valence-corrected chi connectivity index (χ2v) is 5.93. The van der Waals surface area contributed by atoms with E-state index in [2.05, 4.69) is 33.0 Å². The molecule has 104 valence electrons. The Kier molecular flexibility index (Phi) is 4.96. The Morgan fingerprint density at radius 2 is 1.89 bits per heavy atom. The quantitative estimate of drug-likeness (QED) is 0.884. The highest BCUT2D eigenvalue weighted by Gasteiger charge is 2.27. The number of likely N-dealkylation sites (tertiary alicyclic amines) is 1. The van der Waals surface area contributed by atoms with Crippen LogP contribution in [0.1, 0.15) is 24.4 Å². The van der Waals surface area contributed by atoms with E-state index in [9.17, 15) is 4.79 Å². The van der Waals surface area contributed by atoms with Gasteiger partial charge < -0.3 is 11.5 Å². The molecular formula is C14H20BrN3O. The molecule has 4 N–H and O–H groups in total. The van der Waals surface area contributed by atoms with Gasteiger partial charge in [-0.05, 0) is 43.6 Å². The molecular weight excluding hydrogens is 306 g/mol. The van der Waals surface area contributed by atoms with Gasteiger partial charge in [-0.3, -0.25) is 9.69 Å². The second kappa shape index (κ2) is 6.50. The summed E-state index contributed by atoms with van der Waals surface area (Å²) >= 11 is 3.44. The summed E-state index contributed by atoms with van der Waals surface area (Å²) in [6, 6.07) is 8.49. The molecule has 1 aromatic carbocycles. The molecule has 1 amide bonds. The third-order valence-electron chi connectivity index (χ3n) is 3.85. The van der Waals surface area contributed by atoms with Gasteiger partial charge in [-0.1, -0.05) is 28.1 Å². The molecule has 2 rings (SSSR count). The van der Waals surface area contributed by atoms with E-state index in [0.29, 0.717) is 6.54 Å². The topological polar surface area (TPSA) is 72.3 Å². The van der Waals surface area contributed by atoms with Crippen LogP contribution in [0, 0.1) is 5.92 Å². The van der Waals surface area contributed by atoms with Crippen LogP contribution in [0.3, 0.4) is 0 Å². The van der Waals surface area contributed by atoms with E-state index < -0.39 is 0 Å². The molecule has 1 unspecified atom stereocenters. The van der Waals surface area contributed by atoms with Gasteiger partial charge in [-0.15, -0.1) is 0 Å². The summed E-state index contributed by atoms with van der Waals surface area (Å²) in [7, 11) is 0. The zero-order valence-electron chi connectivity index (χ0n) is 10.9. The van der Waals surface area contributed by atoms with Crippen LogP contribution in [0.4, 0.5) is 0 Å². The maximum absolute atomic E-state index is 11.2. The molecule has 1 aromatic rings. The normalized spacial score (nSPS) is 19.3. The SMILES string of the molecule is NCC(c1ccc(Br)cc1)N1CCC(C(N)=O)CC1. The lowest BCUT2D eigenvalue weighted by atomic mass is 9.94. The molecule has 1 saturated heterocycles. The van der Waals surface area contributed by atoms with Crippen LogP contribution in [0.5, 0.6) is 0 Å². The van der Waals surface area contributed by atoms with Crippen molar-refractivity contribution in [2.75, 3.05) is 19.6 Å². The Labute approximate surface area is 122 Å². The summed E-state index contributed by atoms with van der Waals surface area (Å²) in [5, 5.41) is 0. The number of rotatable bonds is 4. The average Bonchev–Trinajstić information content (AvgIpc) is 2.42. The van der Waals surface area contributed by atoms with Gasteiger partial charge >= 0.3 is 0 Å². The molecule has 4 nitrogen and oxygen atoms in total. The third kappa shape index (κ3) is 3.55. The molecule has 1 fully saturated rings. The number of carbonyl (C=O) groups excluding carboxylic acids is 1. The van der Waals surface area contributed by atoms with Gasteiger partial charge in [-0.2, -0.15) is 0 Å². The van der Waals surface area contributed by atoms with E-state index in [1.165, 1.54) is 5.56 Å². The zero-order chi connectivity index (χ0) is 13.8. The molecule has 1 heterocycles. The average molecular weight is 326 g/mol. The van der Waals surface area contributed by atoms with E-state index in [1.54, 1.807) is 0 Å². The summed E-state index contributed by atoms with van der Waals surface area (Å²) in [5.74, 6) is -0.146. The first kappa shape index (κ1) is 14.5. The van der Waals surface area contributed by atoms with Crippen molar-refractivity contribution >= 4 is 21.8 Å². The van der Waals surface area contributed by atoms with Gasteiger partial charge in [0.05, 0.1) is 0 Å². The molecule has 5 heteroatoms. The van der Waals surface area contributed by atoms with Gasteiger partial charge in [0.25, 0.3) is 0 Å². The highest BCUT2D eigenvalue weighted by Crippen LogP contribution is 2.27. The molecule has 0 radical (unpaired) electrons. The number of primary amides is 1. The van der Waals surface area contributed by atoms with Crippen molar-refractivity contribution in [1.29, 1.82) is 0 Å². The summed E-state index contributed by atoms with van der Waals surface area (Å²) in [6.07, 6.45) is 1.67. The Morgan fingerprint density at radius 3 is 2.37 bits per heavy atom. The summed E-state index contributed by atoms with van der Waals surface area (Å²) in [4.78, 5) is 13.5. The van der Waals surface area contributed by atoms with Crippen molar-refractivity contribution < 1.29 is 4.79 Å². The smallest absolute Gasteiger partial charge is 0.220 e. The molecule has 0 bridgehead atoms. The highest BCUT2D eigenvalue weighted by molar-refractivity contribution is 9.10. The van der Waals surface area contributed by atoms with Crippen LogP contribution in [-0.2, 0) is 4.79 Å². The van der Waals surface area contributed by atoms with Crippen molar-refractivity contribution in [3.8, 4) is 0 Å². The lowest BCUT2D eigenvalue weighted by molar-refractivity contribution is -0.123. The van der Waals surface area contributed by atoms with Crippen LogP contribution in [0.2, 0.25) is 0 Å². The molecule has 1 atom stereocenters. The molecule has 0 aliphatic carbocycles. The molecule has 1 aliphatic rings. The fraction of sp³-hybridized carbons (Fsp3) is 0.500. The summed E-state index contributed by atoms with van der Waals surface area (Å²) in [6.45, 7) is 2.35. The maximum atomic E-state index is 11.2. The second-order valence-electron chi connectivity index (χ2n) is 5.02. The Bertz CT molecular complexity index is 427. The maximum Gasteiger partial charge on any atom is 0.220 e. The monoisotopic (exact) mass is 325 g/mol. The number of piperidine rings is 1. The first-order valence-corrected chi connectivity index (χ1v) is 7.40. The van der Waals surface area contributed by atoms with Crippen molar-refractivity contribution in [2.24, 2.45) is 17.4 Å². The highest BCUT2D eigenvalue weighted by atomic mass is 79.9. The zero-order valence-corrected chi connectivity index (χ0v) is 12.5. The molecule has 0 aromatic heterocycles. The lowest BCUT2D eigenvalue weighted by Gasteiger charge is -2.36. The minimum Gasteiger partial charge on any atom is -0.369 e. The fourth-order valence-electron chi connectivity index (χ4n) is 2.68. The minimum absolute atomic E-state index is 0.0274. The minimum atomic E-state index is -0.174. The number of nitrogens with two attached hydrogens (primary N) is 2. The van der Waals surface area contributed by atoms with Gasteiger partial charge in [0.1, 0.15) is 0 Å². The standard InChI is InChI=1S/C14H20BrN3O/c15-12-3-1-10(2-4-12)13(9-16)18-7-5-11(6-8-18)14(17)19/h1-4,11,13H,5-9,16H2,(H2,17,19). The number of amides is 1. The van der Waals surface area contributed by atoms with E-state index >= 15 is 0 Å². The Morgan fingerprint density at radius 1 is 1.32 bits per heavy atom. The predicted octanol–water partition coefficient (Wildman–Crippen LogP) is 1.65. The number of halogens is 1. The predicted molar refractivity (Wildman–Crippen MR) is 79.4 cm³/mol. The summed E-state index contributed by atoms with van der Waals surface area (Å²) in [5.41, 5.74) is 12.5. The third-order valence-corrected chi connectivity index (χ3v) is 4.38. The van der Waals surface area contributed by atoms with E-state index in [0.717, 1.165) is 30.4 Å². The number of hydrogen-bond donors (Lipinski definition) is 2. The van der Waals surface area contributed by atoms with Gasteiger partial charge in [0, 0.05) is 23.0 Å². The van der Waals surface area contributed by atoms with Crippen molar-refractivity contribution in [1.82, 2.24) is 4.90 Å². The Hall–Kier alpha value is -0.910. The summed E-state index contributed by atoms with van der Waals surface area (Å²) < 4.78 is 1.07.